The van der Waals surface area contributed by atoms with Crippen LogP contribution in [-0.4, -0.2) is 82.2 Å². The Kier molecular flexibility index (Phi) is 8.84. The summed E-state index contributed by atoms with van der Waals surface area (Å²) in [5.74, 6) is 0.270. The van der Waals surface area contributed by atoms with Crippen LogP contribution in [0.5, 0.6) is 0 Å². The molecule has 1 amide bonds. The molecule has 1 aliphatic heterocycles. The molecule has 1 aromatic rings. The number of hydrogen-bond donors (Lipinski definition) is 2. The number of aromatic nitrogens is 3. The second kappa shape index (κ2) is 11.9. The summed E-state index contributed by atoms with van der Waals surface area (Å²) in [6.07, 6.45) is 9.05. The van der Waals surface area contributed by atoms with Crippen LogP contribution in [0.3, 0.4) is 0 Å². The first kappa shape index (κ1) is 36.5. The lowest BCUT2D eigenvalue weighted by Gasteiger charge is -2.71. The Labute approximate surface area is 293 Å². The molecule has 4 fully saturated rings. The van der Waals surface area contributed by atoms with Crippen molar-refractivity contribution in [3.63, 3.8) is 0 Å². The van der Waals surface area contributed by atoms with Crippen LogP contribution in [0.1, 0.15) is 117 Å². The average molecular weight is 682 g/mol. The third kappa shape index (κ3) is 5.19. The molecule has 274 valence electrons. The molecule has 10 nitrogen and oxygen atoms in total. The molecule has 1 saturated heterocycles. The van der Waals surface area contributed by atoms with Crippen molar-refractivity contribution in [2.45, 2.75) is 119 Å². The van der Waals surface area contributed by atoms with Crippen molar-refractivity contribution in [1.82, 2.24) is 19.7 Å². The van der Waals surface area contributed by atoms with Crippen LogP contribution < -0.4 is 5.73 Å². The smallest absolute Gasteiger partial charge is 0.307 e. The van der Waals surface area contributed by atoms with E-state index in [1.54, 1.807) is 19.0 Å². The van der Waals surface area contributed by atoms with E-state index in [1.807, 2.05) is 18.5 Å². The summed E-state index contributed by atoms with van der Waals surface area (Å²) in [7, 11) is 3.48. The van der Waals surface area contributed by atoms with Gasteiger partial charge in [0.2, 0.25) is 5.82 Å². The van der Waals surface area contributed by atoms with Gasteiger partial charge in [0.15, 0.2) is 0 Å². The maximum Gasteiger partial charge on any atom is 0.307 e. The molecule has 10 heteroatoms. The minimum Gasteiger partial charge on any atom is -0.481 e. The zero-order valence-corrected chi connectivity index (χ0v) is 32.0. The molecule has 0 radical (unpaired) electrons. The number of rotatable bonds is 8. The SMILES string of the molecule is CC(C)[C@@H](C)[C@@]1(C)CC[C@]2(C)[C@H]3CC[C@@H]4[C@@]5(COC[C@]4(C)[C@@H](OCC(C)(C)N)[C@H](n4ncnc4C(=O)N(C)C)C5)C3=CC[C@@]2(C)[C@@H]1C(=O)O. The van der Waals surface area contributed by atoms with Crippen molar-refractivity contribution in [3.05, 3.63) is 23.8 Å². The van der Waals surface area contributed by atoms with Crippen molar-refractivity contribution in [3.8, 4) is 0 Å². The van der Waals surface area contributed by atoms with Crippen LogP contribution in [0, 0.1) is 56.7 Å². The number of carboxylic acid groups (broad SMARTS) is 1. The second-order valence-electron chi connectivity index (χ2n) is 19.1. The summed E-state index contributed by atoms with van der Waals surface area (Å²) in [6, 6.07) is -0.261. The Morgan fingerprint density at radius 2 is 1.82 bits per heavy atom. The van der Waals surface area contributed by atoms with E-state index in [2.05, 4.69) is 59.5 Å². The van der Waals surface area contributed by atoms with Gasteiger partial charge in [-0.25, -0.2) is 9.67 Å². The number of amides is 1. The molecule has 0 aromatic carbocycles. The number of nitrogens with two attached hydrogens (primary N) is 1. The van der Waals surface area contributed by atoms with Gasteiger partial charge in [0.1, 0.15) is 6.33 Å². The van der Waals surface area contributed by atoms with Crippen LogP contribution in [0.4, 0.5) is 0 Å². The van der Waals surface area contributed by atoms with Gasteiger partial charge in [-0.3, -0.25) is 9.59 Å². The molecule has 6 rings (SSSR count). The van der Waals surface area contributed by atoms with Gasteiger partial charge in [-0.1, -0.05) is 60.1 Å². The highest BCUT2D eigenvalue weighted by Crippen LogP contribution is 2.75. The van der Waals surface area contributed by atoms with Gasteiger partial charge in [0, 0.05) is 30.5 Å². The number of aliphatic carboxylic acids is 1. The summed E-state index contributed by atoms with van der Waals surface area (Å²) in [6.45, 7) is 21.5. The van der Waals surface area contributed by atoms with E-state index in [4.69, 9.17) is 20.3 Å². The molecule has 0 unspecified atom stereocenters. The third-order valence-electron chi connectivity index (χ3n) is 15.2. The van der Waals surface area contributed by atoms with Crippen LogP contribution >= 0.6 is 0 Å². The van der Waals surface area contributed by atoms with Crippen LogP contribution in [0.25, 0.3) is 0 Å². The number of carbonyl (C=O) groups excluding carboxylic acids is 1. The Balaban J connectivity index is 1.48. The first-order valence-corrected chi connectivity index (χ1v) is 18.7. The molecule has 4 aliphatic carbocycles. The molecule has 2 heterocycles. The molecule has 1 aromatic heterocycles. The molecule has 3 N–H and O–H groups in total. The molecule has 3 saturated carbocycles. The minimum atomic E-state index is -0.648. The van der Waals surface area contributed by atoms with Gasteiger partial charge < -0.3 is 25.2 Å². The first-order valence-electron chi connectivity index (χ1n) is 18.7. The minimum absolute atomic E-state index is 0.185. The number of ether oxygens (including phenoxy) is 2. The summed E-state index contributed by atoms with van der Waals surface area (Å²) in [5, 5.41) is 15.8. The Morgan fingerprint density at radius 1 is 1.12 bits per heavy atom. The van der Waals surface area contributed by atoms with Crippen LogP contribution in [0.2, 0.25) is 0 Å². The normalized spacial score (nSPS) is 42.4. The van der Waals surface area contributed by atoms with E-state index < -0.39 is 22.8 Å². The quantitative estimate of drug-likeness (QED) is 0.309. The van der Waals surface area contributed by atoms with E-state index in [0.29, 0.717) is 49.8 Å². The van der Waals surface area contributed by atoms with E-state index in [9.17, 15) is 14.7 Å². The van der Waals surface area contributed by atoms with E-state index in [0.717, 1.165) is 32.1 Å². The topological polar surface area (TPSA) is 133 Å². The molecule has 11 atom stereocenters. The van der Waals surface area contributed by atoms with Gasteiger partial charge in [-0.2, -0.15) is 5.10 Å². The summed E-state index contributed by atoms with van der Waals surface area (Å²) >= 11 is 0. The van der Waals surface area contributed by atoms with E-state index in [1.165, 1.54) is 11.9 Å². The number of hydrogen-bond acceptors (Lipinski definition) is 7. The summed E-state index contributed by atoms with van der Waals surface area (Å²) in [5.41, 5.74) is 5.87. The molecule has 0 spiro atoms. The van der Waals surface area contributed by atoms with Crippen molar-refractivity contribution in [2.75, 3.05) is 33.9 Å². The number of carboxylic acids is 1. The first-order chi connectivity index (χ1) is 22.7. The molecular formula is C39H63N5O5. The predicted octanol–water partition coefficient (Wildman–Crippen LogP) is 6.23. The van der Waals surface area contributed by atoms with Gasteiger partial charge in [-0.15, -0.1) is 0 Å². The molecule has 5 aliphatic rings. The number of allylic oxidation sites excluding steroid dienone is 1. The lowest BCUT2D eigenvalue weighted by Crippen LogP contribution is -2.69. The zero-order valence-electron chi connectivity index (χ0n) is 32.0. The fraction of sp³-hybridized carbons (Fsp3) is 0.846. The predicted molar refractivity (Wildman–Crippen MR) is 189 cm³/mol. The maximum absolute atomic E-state index is 13.5. The maximum atomic E-state index is 13.5. The Bertz CT molecular complexity index is 1500. The highest BCUT2D eigenvalue weighted by Gasteiger charge is 2.72. The average Bonchev–Trinajstić information content (AvgIpc) is 3.49. The lowest BCUT2D eigenvalue weighted by molar-refractivity contribution is -0.252. The highest BCUT2D eigenvalue weighted by atomic mass is 16.5. The zero-order chi connectivity index (χ0) is 36.1. The van der Waals surface area contributed by atoms with Crippen molar-refractivity contribution in [2.24, 2.45) is 62.4 Å². The largest absolute Gasteiger partial charge is 0.481 e. The standard InChI is InChI=1S/C39H63N5O5/c1-23(2)24(3)35(6)16-17-37(8)25-12-13-28-36(7)20-48-21-39(28,26(25)14-15-38(37,9)29(35)33(46)47)18-27(30(36)49-19-34(4,5)40)44-31(41-22-42-44)32(45)43(10)11/h14,22-25,27-30H,12-13,15-21,40H2,1-11H3,(H,46,47)/t24-,25+,27-,28+,29-,30+,35-,36+,37-,38+,39+/m1/s1. The Morgan fingerprint density at radius 3 is 2.43 bits per heavy atom. The molecular weight excluding hydrogens is 618 g/mol. The van der Waals surface area contributed by atoms with Crippen LogP contribution in [-0.2, 0) is 14.3 Å². The van der Waals surface area contributed by atoms with Crippen molar-refractivity contribution in [1.29, 1.82) is 0 Å². The van der Waals surface area contributed by atoms with E-state index >= 15 is 0 Å². The highest BCUT2D eigenvalue weighted by molar-refractivity contribution is 5.90. The van der Waals surface area contributed by atoms with Crippen molar-refractivity contribution >= 4 is 11.9 Å². The molecule has 49 heavy (non-hydrogen) atoms. The summed E-state index contributed by atoms with van der Waals surface area (Å²) in [4.78, 5) is 32.9. The number of nitrogens with zero attached hydrogens (tertiary/aromatic N) is 4. The number of carbonyl (C=O) groups is 2. The molecule has 2 bridgehead atoms. The van der Waals surface area contributed by atoms with E-state index in [-0.39, 0.29) is 45.6 Å². The van der Waals surface area contributed by atoms with Crippen LogP contribution in [0.15, 0.2) is 18.0 Å². The monoisotopic (exact) mass is 681 g/mol. The second-order valence-corrected chi connectivity index (χ2v) is 19.1. The summed E-state index contributed by atoms with van der Waals surface area (Å²) < 4.78 is 15.4. The fourth-order valence-corrected chi connectivity index (χ4v) is 12.3. The van der Waals surface area contributed by atoms with Gasteiger partial charge >= 0.3 is 5.97 Å². The third-order valence-corrected chi connectivity index (χ3v) is 15.2. The van der Waals surface area contributed by atoms with Gasteiger partial charge in [0.05, 0.1) is 37.9 Å². The van der Waals surface area contributed by atoms with Gasteiger partial charge in [-0.05, 0) is 92.3 Å². The van der Waals surface area contributed by atoms with Crippen molar-refractivity contribution < 1.29 is 24.2 Å². The lowest BCUT2D eigenvalue weighted by atomic mass is 9.34. The van der Waals surface area contributed by atoms with Gasteiger partial charge in [0.25, 0.3) is 5.91 Å². The Hall–Kier alpha value is -2.30. The fourth-order valence-electron chi connectivity index (χ4n) is 12.3. The number of fused-ring (bicyclic) bond motifs is 3.